The van der Waals surface area contributed by atoms with Gasteiger partial charge < -0.3 is 4.74 Å². The second-order valence-corrected chi connectivity index (χ2v) is 8.73. The Morgan fingerprint density at radius 2 is 1.36 bits per heavy atom. The van der Waals surface area contributed by atoms with E-state index < -0.39 is 6.17 Å². The lowest BCUT2D eigenvalue weighted by molar-refractivity contribution is 0.184. The van der Waals surface area contributed by atoms with E-state index in [1.165, 1.54) is 37.7 Å². The molecule has 0 bridgehead atoms. The summed E-state index contributed by atoms with van der Waals surface area (Å²) in [4.78, 5) is 9.12. The molecule has 0 saturated heterocycles. The third-order valence-electron chi connectivity index (χ3n) is 5.92. The first-order chi connectivity index (χ1) is 16.2. The van der Waals surface area contributed by atoms with Crippen molar-refractivity contribution in [3.8, 4) is 28.3 Å². The van der Waals surface area contributed by atoms with Crippen LogP contribution in [0.15, 0.2) is 60.9 Å². The topological polar surface area (TPSA) is 35.0 Å². The molecule has 3 nitrogen and oxygen atoms in total. The molecule has 1 unspecified atom stereocenters. The second-order valence-electron chi connectivity index (χ2n) is 8.73. The molecule has 0 amide bonds. The predicted octanol–water partition coefficient (Wildman–Crippen LogP) is 8.23. The molecule has 0 aliphatic carbocycles. The molecule has 0 saturated carbocycles. The van der Waals surface area contributed by atoms with Crippen LogP contribution in [0.1, 0.15) is 70.8 Å². The van der Waals surface area contributed by atoms with E-state index in [0.717, 1.165) is 41.8 Å². The van der Waals surface area contributed by atoms with Gasteiger partial charge in [-0.15, -0.1) is 0 Å². The number of benzene rings is 2. The molecule has 176 valence electrons. The van der Waals surface area contributed by atoms with E-state index in [1.54, 1.807) is 0 Å². The molecule has 3 rings (SSSR count). The van der Waals surface area contributed by atoms with E-state index in [-0.39, 0.29) is 6.61 Å². The fraction of sp³-hybridized carbons (Fsp3) is 0.448. The number of unbranched alkanes of at least 4 members (excludes halogenated alkanes) is 5. The highest BCUT2D eigenvalue weighted by atomic mass is 19.1. The molecule has 2 aromatic carbocycles. The van der Waals surface area contributed by atoms with Crippen LogP contribution >= 0.6 is 0 Å². The van der Waals surface area contributed by atoms with E-state index in [2.05, 4.69) is 48.1 Å². The SMILES string of the molecule is CCCCCCC(F)COc1ccc(-c2cnc(-c3ccc(CCCCC)cc3)nc2)cc1. The summed E-state index contributed by atoms with van der Waals surface area (Å²) in [5.41, 5.74) is 4.35. The number of aromatic nitrogens is 2. The van der Waals surface area contributed by atoms with Gasteiger partial charge in [0.05, 0.1) is 0 Å². The van der Waals surface area contributed by atoms with E-state index in [9.17, 15) is 4.39 Å². The van der Waals surface area contributed by atoms with Crippen LogP contribution in [0.4, 0.5) is 4.39 Å². The highest BCUT2D eigenvalue weighted by molar-refractivity contribution is 5.64. The number of aryl methyl sites for hydroxylation is 1. The van der Waals surface area contributed by atoms with Gasteiger partial charge in [0.15, 0.2) is 5.82 Å². The van der Waals surface area contributed by atoms with Crippen molar-refractivity contribution < 1.29 is 9.13 Å². The van der Waals surface area contributed by atoms with Crippen molar-refractivity contribution in [2.75, 3.05) is 6.61 Å². The summed E-state index contributed by atoms with van der Waals surface area (Å²) in [6.07, 6.45) is 12.6. The fourth-order valence-corrected chi connectivity index (χ4v) is 3.83. The van der Waals surface area contributed by atoms with Gasteiger partial charge in [-0.1, -0.05) is 88.8 Å². The van der Waals surface area contributed by atoms with Crippen LogP contribution in [0.2, 0.25) is 0 Å². The Hall–Kier alpha value is -2.75. The molecular formula is C29H37FN2O. The lowest BCUT2D eigenvalue weighted by Crippen LogP contribution is -2.12. The second kappa shape index (κ2) is 13.7. The van der Waals surface area contributed by atoms with E-state index in [4.69, 9.17) is 4.74 Å². The van der Waals surface area contributed by atoms with Crippen LogP contribution in [0.3, 0.4) is 0 Å². The zero-order valence-electron chi connectivity index (χ0n) is 20.1. The molecule has 0 aliphatic rings. The highest BCUT2D eigenvalue weighted by Gasteiger charge is 2.08. The third-order valence-corrected chi connectivity index (χ3v) is 5.92. The lowest BCUT2D eigenvalue weighted by Gasteiger charge is -2.11. The number of rotatable bonds is 14. The summed E-state index contributed by atoms with van der Waals surface area (Å²) in [6, 6.07) is 16.2. The molecule has 1 aromatic heterocycles. The number of nitrogens with zero attached hydrogens (tertiary/aromatic N) is 2. The van der Waals surface area contributed by atoms with Crippen molar-refractivity contribution in [2.45, 2.75) is 77.8 Å². The molecule has 0 N–H and O–H groups in total. The van der Waals surface area contributed by atoms with Crippen LogP contribution < -0.4 is 4.74 Å². The zero-order chi connectivity index (χ0) is 23.3. The Balaban J connectivity index is 1.51. The first kappa shape index (κ1) is 24.9. The van der Waals surface area contributed by atoms with Crippen LogP contribution in [-0.2, 0) is 6.42 Å². The molecular weight excluding hydrogens is 411 g/mol. The van der Waals surface area contributed by atoms with Crippen LogP contribution in [0, 0.1) is 0 Å². The van der Waals surface area contributed by atoms with Gasteiger partial charge in [0, 0.05) is 23.5 Å². The number of ether oxygens (including phenoxy) is 1. The van der Waals surface area contributed by atoms with Crippen LogP contribution in [-0.4, -0.2) is 22.7 Å². The maximum atomic E-state index is 14.0. The summed E-state index contributed by atoms with van der Waals surface area (Å²) >= 11 is 0. The van der Waals surface area contributed by atoms with Crippen molar-refractivity contribution >= 4 is 0 Å². The van der Waals surface area contributed by atoms with Crippen LogP contribution in [0.25, 0.3) is 22.5 Å². The van der Waals surface area contributed by atoms with Crippen molar-refractivity contribution in [2.24, 2.45) is 0 Å². The number of halogens is 1. The summed E-state index contributed by atoms with van der Waals surface area (Å²) in [5, 5.41) is 0. The first-order valence-corrected chi connectivity index (χ1v) is 12.5. The lowest BCUT2D eigenvalue weighted by atomic mass is 10.0. The summed E-state index contributed by atoms with van der Waals surface area (Å²) in [6.45, 7) is 4.50. The average Bonchev–Trinajstić information content (AvgIpc) is 2.86. The quantitative estimate of drug-likeness (QED) is 0.233. The van der Waals surface area contributed by atoms with Gasteiger partial charge in [0.25, 0.3) is 0 Å². The molecule has 1 heterocycles. The number of alkyl halides is 1. The van der Waals surface area contributed by atoms with Crippen molar-refractivity contribution in [3.63, 3.8) is 0 Å². The monoisotopic (exact) mass is 448 g/mol. The fourth-order valence-electron chi connectivity index (χ4n) is 3.83. The van der Waals surface area contributed by atoms with Crippen molar-refractivity contribution in [1.29, 1.82) is 0 Å². The molecule has 0 fully saturated rings. The molecule has 1 atom stereocenters. The Kier molecular flexibility index (Phi) is 10.3. The normalized spacial score (nSPS) is 12.0. The van der Waals surface area contributed by atoms with Crippen molar-refractivity contribution in [3.05, 3.63) is 66.5 Å². The van der Waals surface area contributed by atoms with Gasteiger partial charge in [0.2, 0.25) is 0 Å². The maximum absolute atomic E-state index is 14.0. The smallest absolute Gasteiger partial charge is 0.159 e. The van der Waals surface area contributed by atoms with E-state index in [0.29, 0.717) is 12.2 Å². The summed E-state index contributed by atoms with van der Waals surface area (Å²) in [5.74, 6) is 1.42. The Morgan fingerprint density at radius 1 is 0.727 bits per heavy atom. The Morgan fingerprint density at radius 3 is 2.03 bits per heavy atom. The largest absolute Gasteiger partial charge is 0.491 e. The Bertz CT molecular complexity index is 923. The molecule has 0 spiro atoms. The number of hydrogen-bond donors (Lipinski definition) is 0. The van der Waals surface area contributed by atoms with Gasteiger partial charge in [-0.05, 0) is 42.5 Å². The molecule has 0 radical (unpaired) electrons. The Labute approximate surface area is 198 Å². The molecule has 33 heavy (non-hydrogen) atoms. The zero-order valence-corrected chi connectivity index (χ0v) is 20.1. The standard InChI is InChI=1S/C29H37FN2O/c1-3-5-7-9-11-27(30)22-33-28-18-16-24(17-19-28)26-20-31-29(32-21-26)25-14-12-23(13-15-25)10-8-6-4-2/h12-21,27H,3-11,22H2,1-2H3. The minimum atomic E-state index is -0.909. The van der Waals surface area contributed by atoms with E-state index >= 15 is 0 Å². The maximum Gasteiger partial charge on any atom is 0.159 e. The predicted molar refractivity (Wildman–Crippen MR) is 135 cm³/mol. The van der Waals surface area contributed by atoms with Gasteiger partial charge >= 0.3 is 0 Å². The molecule has 4 heteroatoms. The molecule has 0 aliphatic heterocycles. The van der Waals surface area contributed by atoms with Crippen LogP contribution in [0.5, 0.6) is 5.75 Å². The third kappa shape index (κ3) is 8.27. The van der Waals surface area contributed by atoms with E-state index in [1.807, 2.05) is 36.7 Å². The number of hydrogen-bond acceptors (Lipinski definition) is 3. The minimum absolute atomic E-state index is 0.112. The average molecular weight is 449 g/mol. The van der Waals surface area contributed by atoms with Gasteiger partial charge in [-0.2, -0.15) is 0 Å². The summed E-state index contributed by atoms with van der Waals surface area (Å²) < 4.78 is 19.6. The molecule has 3 aromatic rings. The first-order valence-electron chi connectivity index (χ1n) is 12.5. The highest BCUT2D eigenvalue weighted by Crippen LogP contribution is 2.24. The van der Waals surface area contributed by atoms with Crippen molar-refractivity contribution in [1.82, 2.24) is 9.97 Å². The minimum Gasteiger partial charge on any atom is -0.491 e. The van der Waals surface area contributed by atoms with Gasteiger partial charge in [0.1, 0.15) is 18.5 Å². The summed E-state index contributed by atoms with van der Waals surface area (Å²) in [7, 11) is 0. The van der Waals surface area contributed by atoms with Gasteiger partial charge in [-0.3, -0.25) is 0 Å². The van der Waals surface area contributed by atoms with Gasteiger partial charge in [-0.25, -0.2) is 14.4 Å².